The van der Waals surface area contributed by atoms with E-state index in [4.69, 9.17) is 23.2 Å². The molecule has 0 aromatic heterocycles. The van der Waals surface area contributed by atoms with Crippen LogP contribution in [0.5, 0.6) is 0 Å². The predicted octanol–water partition coefficient (Wildman–Crippen LogP) is 14.9. The topological polar surface area (TPSA) is 0 Å². The van der Waals surface area contributed by atoms with Gasteiger partial charge < -0.3 is 14.9 Å². The van der Waals surface area contributed by atoms with Crippen molar-refractivity contribution >= 4 is 54.9 Å². The van der Waals surface area contributed by atoms with Crippen LogP contribution in [-0.4, -0.2) is 6.88 Å². The maximum atomic E-state index is 6.57. The molecule has 0 heterocycles. The zero-order valence-electron chi connectivity index (χ0n) is 32.2. The minimum absolute atomic E-state index is 0. The molecule has 6 rings (SSSR count). The second-order valence-electron chi connectivity index (χ2n) is 14.1. The summed E-state index contributed by atoms with van der Waals surface area (Å²) < 4.78 is 0. The first kappa shape index (κ1) is 50.1. The molecule has 4 aliphatic rings. The normalized spacial score (nSPS) is 10.6. The second kappa shape index (κ2) is 21.9. The summed E-state index contributed by atoms with van der Waals surface area (Å²) in [7, 11) is 0. The first-order valence-electron chi connectivity index (χ1n) is 16.5. The number of hydrogen-bond acceptors (Lipinski definition) is 0. The number of rotatable bonds is 4. The summed E-state index contributed by atoms with van der Waals surface area (Å²) >= 11 is 14.5. The van der Waals surface area contributed by atoms with Crippen molar-refractivity contribution in [2.45, 2.75) is 79.1 Å². The van der Waals surface area contributed by atoms with Gasteiger partial charge in [0.1, 0.15) is 0 Å². The fourth-order valence-corrected chi connectivity index (χ4v) is 6.95. The quantitative estimate of drug-likeness (QED) is 0.122. The van der Waals surface area contributed by atoms with E-state index in [9.17, 15) is 0 Å². The summed E-state index contributed by atoms with van der Waals surface area (Å²) in [4.78, 5) is 0. The Morgan fingerprint density at radius 2 is 0.846 bits per heavy atom. The molecule has 0 N–H and O–H groups in total. The van der Waals surface area contributed by atoms with Crippen molar-refractivity contribution in [1.29, 1.82) is 0 Å². The zero-order valence-corrected chi connectivity index (χ0v) is 38.8. The molecule has 2 aromatic carbocycles. The van der Waals surface area contributed by atoms with E-state index in [-0.39, 0.29) is 50.5 Å². The van der Waals surface area contributed by atoms with Crippen LogP contribution in [0.1, 0.15) is 77.6 Å². The molecule has 0 amide bonds. The Hall–Kier alpha value is -1.90. The van der Waals surface area contributed by atoms with Crippen LogP contribution >= 0.6 is 48.0 Å². The van der Waals surface area contributed by atoms with Crippen LogP contribution in [-0.2, 0) is 47.0 Å². The van der Waals surface area contributed by atoms with Gasteiger partial charge in [-0.2, -0.15) is 23.3 Å². The Kier molecular flexibility index (Phi) is 21.1. The summed E-state index contributed by atoms with van der Waals surface area (Å²) in [5, 5.41) is 1.67. The zero-order chi connectivity index (χ0) is 35.2. The molecule has 0 fully saturated rings. The van der Waals surface area contributed by atoms with E-state index < -0.39 is 0 Å². The van der Waals surface area contributed by atoms with Crippen molar-refractivity contribution in [3.05, 3.63) is 156 Å². The van der Waals surface area contributed by atoms with E-state index in [0.717, 1.165) is 45.1 Å². The van der Waals surface area contributed by atoms with Gasteiger partial charge in [0.15, 0.2) is 0 Å². The molecule has 4 aliphatic carbocycles. The number of halogens is 4. The van der Waals surface area contributed by atoms with Crippen molar-refractivity contribution in [2.24, 2.45) is 0 Å². The van der Waals surface area contributed by atoms with Gasteiger partial charge in [-0.05, 0) is 58.1 Å². The van der Waals surface area contributed by atoms with E-state index in [1.54, 1.807) is 0 Å². The van der Waals surface area contributed by atoms with Gasteiger partial charge in [-0.15, -0.1) is 83.5 Å². The summed E-state index contributed by atoms with van der Waals surface area (Å²) in [6, 6.07) is 41.2. The summed E-state index contributed by atoms with van der Waals surface area (Å²) in [6.45, 7) is 20.5. The first-order valence-corrected chi connectivity index (χ1v) is 21.5. The van der Waals surface area contributed by atoms with Gasteiger partial charge in [-0.25, -0.2) is 0 Å². The monoisotopic (exact) mass is 862 g/mol. The van der Waals surface area contributed by atoms with Crippen LogP contribution in [0.3, 0.4) is 0 Å². The summed E-state index contributed by atoms with van der Waals surface area (Å²) in [5.41, 5.74) is 14.5. The van der Waals surface area contributed by atoms with Crippen LogP contribution in [0.2, 0.25) is 10.0 Å². The molecule has 52 heavy (non-hydrogen) atoms. The fourth-order valence-electron chi connectivity index (χ4n) is 6.02. The molecular weight excluding hydrogens is 814 g/mol. The Morgan fingerprint density at radius 3 is 1.13 bits per heavy atom. The van der Waals surface area contributed by atoms with Crippen molar-refractivity contribution in [3.63, 3.8) is 0 Å². The molecule has 276 valence electrons. The maximum absolute atomic E-state index is 6.57. The van der Waals surface area contributed by atoms with Crippen LogP contribution in [0.4, 0.5) is 0 Å². The molecule has 2 radical (unpaired) electrons. The van der Waals surface area contributed by atoms with Gasteiger partial charge in [0.05, 0.1) is 0 Å². The molecule has 0 atom stereocenters. The summed E-state index contributed by atoms with van der Waals surface area (Å²) in [5.74, 6) is 0. The van der Waals surface area contributed by atoms with Crippen LogP contribution in [0.15, 0.2) is 97.1 Å². The van der Waals surface area contributed by atoms with E-state index in [2.05, 4.69) is 171 Å². The number of aryl methyl sites for hydroxylation is 2. The average Bonchev–Trinajstić information content (AvgIpc) is 3.52. The fraction of sp³-hybridized carbons (Fsp3) is 0.261. The van der Waals surface area contributed by atoms with Crippen LogP contribution < -0.4 is 0 Å². The third kappa shape index (κ3) is 12.1. The molecule has 0 saturated carbocycles. The SMILES string of the molecule is CCc1[c-]c2ccccc(-c3ccc(C(C)(C)C)c(Cl)c3)c-2c1.CCc1[c-]c2ccccc(-c3ccc(C(C)(C)C)c(Cl)c3)c-2c1.Cl.Cl.[CH3-].[CH3-].[Si]=[Zr]. The van der Waals surface area contributed by atoms with Gasteiger partial charge in [0, 0.05) is 10.0 Å². The molecule has 6 heteroatoms. The molecule has 0 unspecified atom stereocenters. The van der Waals surface area contributed by atoms with Crippen molar-refractivity contribution in [2.75, 3.05) is 0 Å². The Morgan fingerprint density at radius 1 is 0.519 bits per heavy atom. The van der Waals surface area contributed by atoms with E-state index in [1.165, 1.54) is 67.8 Å². The van der Waals surface area contributed by atoms with Crippen molar-refractivity contribution in [3.8, 4) is 44.5 Å². The molecule has 2 aromatic rings. The van der Waals surface area contributed by atoms with Gasteiger partial charge >= 0.3 is 30.2 Å². The average molecular weight is 866 g/mol. The van der Waals surface area contributed by atoms with E-state index in [0.29, 0.717) is 0 Å². The standard InChI is InChI=1S/2C22H22Cl.2CH3.2ClH.Si.Zr/c2*1-5-15-12-16-8-6-7-9-18(19(16)13-15)17-10-11-20(21(23)14-17)22(2,3)4;;;;;;/h2*6-11,13-14H,5H2,1-4H3;2*1H3;2*1H;;/q4*-1;;;;. The third-order valence-electron chi connectivity index (χ3n) is 8.60. The Bertz CT molecular complexity index is 1800. The number of hydrogen-bond donors (Lipinski definition) is 0. The number of fused-ring (bicyclic) bond motifs is 2. The molecule has 0 spiro atoms. The van der Waals surface area contributed by atoms with Crippen LogP contribution in [0.25, 0.3) is 44.5 Å². The number of benzene rings is 2. The molecule has 0 aliphatic heterocycles. The predicted molar refractivity (Wildman–Crippen MR) is 234 cm³/mol. The molecule has 0 saturated heterocycles. The van der Waals surface area contributed by atoms with Gasteiger partial charge in [0.2, 0.25) is 0 Å². The van der Waals surface area contributed by atoms with Gasteiger partial charge in [0.25, 0.3) is 0 Å². The Balaban J connectivity index is 0.000000890. The molecule has 0 bridgehead atoms. The first-order chi connectivity index (χ1) is 22.8. The van der Waals surface area contributed by atoms with Crippen molar-refractivity contribution in [1.82, 2.24) is 0 Å². The molecular formula is C46H52Cl4SiZr-4. The minimum atomic E-state index is 0. The Labute approximate surface area is 355 Å². The van der Waals surface area contributed by atoms with Gasteiger partial charge in [-0.1, -0.05) is 138 Å². The second-order valence-corrected chi connectivity index (χ2v) is 14.9. The van der Waals surface area contributed by atoms with Crippen LogP contribution in [0, 0.1) is 27.0 Å². The molecule has 0 nitrogen and oxygen atoms in total. The summed E-state index contributed by atoms with van der Waals surface area (Å²) in [6.07, 6.45) is 2.00. The van der Waals surface area contributed by atoms with E-state index in [1.807, 2.05) is 0 Å². The van der Waals surface area contributed by atoms with Gasteiger partial charge in [-0.3, -0.25) is 0 Å². The van der Waals surface area contributed by atoms with Crippen molar-refractivity contribution < 1.29 is 23.3 Å². The third-order valence-corrected chi connectivity index (χ3v) is 9.23. The van der Waals surface area contributed by atoms with E-state index >= 15 is 0 Å².